The predicted octanol–water partition coefficient (Wildman–Crippen LogP) is 2.29. The number of ether oxygens (including phenoxy) is 1. The van der Waals surface area contributed by atoms with Crippen LogP contribution in [0.15, 0.2) is 23.1 Å². The predicted molar refractivity (Wildman–Crippen MR) is 141 cm³/mol. The molecule has 3 amide bonds. The van der Waals surface area contributed by atoms with E-state index in [1.54, 1.807) is 30.9 Å². The third kappa shape index (κ3) is 7.77. The fraction of sp³-hybridized carbons (Fsp3) is 0.667. The van der Waals surface area contributed by atoms with E-state index in [4.69, 9.17) is 4.74 Å². The first-order chi connectivity index (χ1) is 17.5. The molecule has 2 N–H and O–H groups in total. The van der Waals surface area contributed by atoms with Crippen LogP contribution in [0.3, 0.4) is 0 Å². The quantitative estimate of drug-likeness (QED) is 0.610. The average Bonchev–Trinajstić information content (AvgIpc) is 2.87. The molecule has 0 aliphatic carbocycles. The summed E-state index contributed by atoms with van der Waals surface area (Å²) in [6.45, 7) is 7.74. The Morgan fingerprint density at radius 3 is 2.51 bits per heavy atom. The number of carbonyl (C=O) groups is 3. The third-order valence-electron chi connectivity index (χ3n) is 7.52. The molecule has 9 nitrogen and oxygen atoms in total. The van der Waals surface area contributed by atoms with Crippen LogP contribution in [0.2, 0.25) is 0 Å². The second-order valence-corrected chi connectivity index (χ2v) is 12.5. The van der Waals surface area contributed by atoms with Gasteiger partial charge in [-0.25, -0.2) is 8.42 Å². The maximum Gasteiger partial charge on any atom is 0.242 e. The van der Waals surface area contributed by atoms with Crippen molar-refractivity contribution < 1.29 is 27.5 Å². The van der Waals surface area contributed by atoms with Crippen LogP contribution in [0.1, 0.15) is 63.0 Å². The Balaban J connectivity index is 1.62. The van der Waals surface area contributed by atoms with Gasteiger partial charge in [-0.2, -0.15) is 0 Å². The van der Waals surface area contributed by atoms with Gasteiger partial charge >= 0.3 is 0 Å². The number of rotatable bonds is 4. The topological polar surface area (TPSA) is 122 Å². The largest absolute Gasteiger partial charge is 0.381 e. The number of amides is 3. The van der Waals surface area contributed by atoms with Gasteiger partial charge in [0.05, 0.1) is 16.1 Å². The third-order valence-corrected chi connectivity index (χ3v) is 9.37. The van der Waals surface area contributed by atoms with E-state index in [1.165, 1.54) is 0 Å². The highest BCUT2D eigenvalue weighted by Crippen LogP contribution is 2.37. The van der Waals surface area contributed by atoms with Crippen LogP contribution < -0.4 is 10.6 Å². The molecule has 3 rings (SSSR count). The van der Waals surface area contributed by atoms with Crippen molar-refractivity contribution in [3.8, 4) is 0 Å². The molecule has 1 aromatic carbocycles. The molecular formula is C27H41N3O6S. The lowest BCUT2D eigenvalue weighted by Crippen LogP contribution is -2.54. The molecule has 1 spiro atoms. The minimum Gasteiger partial charge on any atom is -0.381 e. The smallest absolute Gasteiger partial charge is 0.242 e. The van der Waals surface area contributed by atoms with Gasteiger partial charge in [-0.15, -0.1) is 0 Å². The lowest BCUT2D eigenvalue weighted by atomic mass is 9.73. The van der Waals surface area contributed by atoms with Gasteiger partial charge in [-0.05, 0) is 70.1 Å². The molecule has 1 atom stereocenters. The SMILES string of the molecule is Cc1ccc(C)c(S(=O)(=O)CCC(=O)N2CCC3(CCCCOCCCNC(=O)[C@H](C)NC3=O)CC2)c1. The molecule has 2 saturated heterocycles. The average molecular weight is 536 g/mol. The summed E-state index contributed by atoms with van der Waals surface area (Å²) in [5.74, 6) is -0.840. The Morgan fingerprint density at radius 1 is 1.08 bits per heavy atom. The first-order valence-corrected chi connectivity index (χ1v) is 14.9. The van der Waals surface area contributed by atoms with E-state index in [0.29, 0.717) is 57.7 Å². The Morgan fingerprint density at radius 2 is 1.78 bits per heavy atom. The van der Waals surface area contributed by atoms with Gasteiger partial charge in [0.15, 0.2) is 9.84 Å². The number of aryl methyl sites for hydroxylation is 2. The zero-order chi connectivity index (χ0) is 27.1. The van der Waals surface area contributed by atoms with Crippen molar-refractivity contribution in [3.05, 3.63) is 29.3 Å². The maximum atomic E-state index is 13.4. The molecule has 2 aliphatic heterocycles. The number of piperidine rings is 1. The molecule has 0 aromatic heterocycles. The van der Waals surface area contributed by atoms with E-state index in [0.717, 1.165) is 24.8 Å². The number of benzene rings is 1. The molecule has 2 fully saturated rings. The Labute approximate surface area is 220 Å². The minimum absolute atomic E-state index is 0.0938. The molecule has 0 unspecified atom stereocenters. The van der Waals surface area contributed by atoms with Crippen LogP contribution in [0, 0.1) is 19.3 Å². The number of likely N-dealkylation sites (tertiary alicyclic amines) is 1. The van der Waals surface area contributed by atoms with Crippen molar-refractivity contribution in [1.82, 2.24) is 15.5 Å². The molecule has 2 heterocycles. The Bertz CT molecular complexity index is 1080. The minimum atomic E-state index is -3.58. The fourth-order valence-electron chi connectivity index (χ4n) is 5.03. The van der Waals surface area contributed by atoms with Gasteiger partial charge in [0.1, 0.15) is 6.04 Å². The molecule has 206 valence electrons. The second-order valence-electron chi connectivity index (χ2n) is 10.4. The molecule has 10 heteroatoms. The molecule has 1 aromatic rings. The standard InChI is InChI=1S/C27H41N3O6S/c1-20-7-8-21(2)23(19-20)37(34,35)18-9-24(31)30-14-11-27(12-15-30)10-4-5-16-36-17-6-13-28-25(32)22(3)29-26(27)33/h7-8,19,22H,4-6,9-18H2,1-3H3,(H,28,32)(H,29,33)/t22-/m0/s1. The summed E-state index contributed by atoms with van der Waals surface area (Å²) in [7, 11) is -3.58. The highest BCUT2D eigenvalue weighted by molar-refractivity contribution is 7.91. The van der Waals surface area contributed by atoms with Crippen LogP contribution in [-0.4, -0.2) is 75.7 Å². The summed E-state index contributed by atoms with van der Waals surface area (Å²) < 4.78 is 31.4. The zero-order valence-electron chi connectivity index (χ0n) is 22.3. The summed E-state index contributed by atoms with van der Waals surface area (Å²) >= 11 is 0. The summed E-state index contributed by atoms with van der Waals surface area (Å²) in [6, 6.07) is 4.65. The van der Waals surface area contributed by atoms with Gasteiger partial charge < -0.3 is 20.3 Å². The van der Waals surface area contributed by atoms with Crippen LogP contribution in [0.5, 0.6) is 0 Å². The maximum absolute atomic E-state index is 13.4. The van der Waals surface area contributed by atoms with E-state index in [2.05, 4.69) is 10.6 Å². The monoisotopic (exact) mass is 535 g/mol. The highest BCUT2D eigenvalue weighted by Gasteiger charge is 2.42. The van der Waals surface area contributed by atoms with Gasteiger partial charge in [0.2, 0.25) is 17.7 Å². The number of hydrogen-bond donors (Lipinski definition) is 2. The highest BCUT2D eigenvalue weighted by atomic mass is 32.2. The van der Waals surface area contributed by atoms with Crippen molar-refractivity contribution >= 4 is 27.6 Å². The first-order valence-electron chi connectivity index (χ1n) is 13.3. The fourth-order valence-corrected chi connectivity index (χ4v) is 6.62. The van der Waals surface area contributed by atoms with Crippen molar-refractivity contribution in [2.75, 3.05) is 38.6 Å². The first kappa shape index (κ1) is 29.1. The van der Waals surface area contributed by atoms with Crippen molar-refractivity contribution in [2.45, 2.75) is 76.7 Å². The summed E-state index contributed by atoms with van der Waals surface area (Å²) in [6.07, 6.45) is 3.90. The summed E-state index contributed by atoms with van der Waals surface area (Å²) in [4.78, 5) is 40.6. The van der Waals surface area contributed by atoms with Gasteiger partial charge in [0, 0.05) is 39.3 Å². The number of nitrogens with zero attached hydrogens (tertiary/aromatic N) is 1. The number of hydrogen-bond acceptors (Lipinski definition) is 6. The lowest BCUT2D eigenvalue weighted by Gasteiger charge is -2.41. The molecule has 37 heavy (non-hydrogen) atoms. The number of nitrogens with one attached hydrogen (secondary N) is 2. The molecule has 0 bridgehead atoms. The Kier molecular flexibility index (Phi) is 10.1. The number of sulfone groups is 1. The van der Waals surface area contributed by atoms with Gasteiger partial charge in [-0.3, -0.25) is 14.4 Å². The molecule has 0 saturated carbocycles. The Hall–Kier alpha value is -2.46. The van der Waals surface area contributed by atoms with Crippen LogP contribution in [0.4, 0.5) is 0 Å². The van der Waals surface area contributed by atoms with Crippen LogP contribution in [0.25, 0.3) is 0 Å². The molecule has 2 aliphatic rings. The van der Waals surface area contributed by atoms with Gasteiger partial charge in [-0.1, -0.05) is 18.6 Å². The normalized spacial score (nSPS) is 22.1. The van der Waals surface area contributed by atoms with Crippen molar-refractivity contribution in [1.29, 1.82) is 0 Å². The van der Waals surface area contributed by atoms with Crippen LogP contribution in [-0.2, 0) is 29.0 Å². The van der Waals surface area contributed by atoms with E-state index in [9.17, 15) is 22.8 Å². The van der Waals surface area contributed by atoms with Crippen LogP contribution >= 0.6 is 0 Å². The summed E-state index contributed by atoms with van der Waals surface area (Å²) in [5, 5.41) is 5.73. The van der Waals surface area contributed by atoms with E-state index >= 15 is 0 Å². The zero-order valence-corrected chi connectivity index (χ0v) is 23.1. The van der Waals surface area contributed by atoms with Gasteiger partial charge in [0.25, 0.3) is 0 Å². The molecule has 0 radical (unpaired) electrons. The lowest BCUT2D eigenvalue weighted by molar-refractivity contribution is -0.142. The van der Waals surface area contributed by atoms with Crippen molar-refractivity contribution in [2.24, 2.45) is 5.41 Å². The summed E-state index contributed by atoms with van der Waals surface area (Å²) in [5.41, 5.74) is 0.864. The van der Waals surface area contributed by atoms with Crippen molar-refractivity contribution in [3.63, 3.8) is 0 Å². The van der Waals surface area contributed by atoms with E-state index < -0.39 is 21.3 Å². The second kappa shape index (κ2) is 12.9. The van der Waals surface area contributed by atoms with E-state index in [1.807, 2.05) is 13.0 Å². The van der Waals surface area contributed by atoms with E-state index in [-0.39, 0.29) is 34.8 Å². The number of carbonyl (C=O) groups excluding carboxylic acids is 3. The molecular weight excluding hydrogens is 494 g/mol.